The van der Waals surface area contributed by atoms with E-state index in [1.165, 1.54) is 0 Å². The number of methoxy groups -OCH3 is 1. The first-order chi connectivity index (χ1) is 7.53. The number of benzene rings is 1. The third-order valence-corrected chi connectivity index (χ3v) is 2.82. The standard InChI is InChI=1S/C9H12N2O4S/c1-15-9(12)10-11-16(13,14)7-8-5-3-2-4-6-8/h2-6,11H,7H2,1H3,(H,10,12). The summed E-state index contributed by atoms with van der Waals surface area (Å²) in [5.74, 6) is -0.210. The molecule has 0 saturated heterocycles. The van der Waals surface area contributed by atoms with E-state index >= 15 is 0 Å². The zero-order chi connectivity index (χ0) is 12.0. The minimum absolute atomic E-state index is 0.210. The summed E-state index contributed by atoms with van der Waals surface area (Å²) in [6.45, 7) is 0. The minimum atomic E-state index is -3.60. The van der Waals surface area contributed by atoms with Crippen molar-refractivity contribution in [2.45, 2.75) is 5.75 Å². The van der Waals surface area contributed by atoms with Crippen molar-refractivity contribution in [3.8, 4) is 0 Å². The van der Waals surface area contributed by atoms with Gasteiger partial charge in [0, 0.05) is 0 Å². The maximum atomic E-state index is 11.4. The summed E-state index contributed by atoms with van der Waals surface area (Å²) in [5, 5.41) is 0. The average molecular weight is 244 g/mol. The van der Waals surface area contributed by atoms with Gasteiger partial charge < -0.3 is 4.74 Å². The van der Waals surface area contributed by atoms with Crippen molar-refractivity contribution in [2.75, 3.05) is 7.11 Å². The molecule has 16 heavy (non-hydrogen) atoms. The first-order valence-electron chi connectivity index (χ1n) is 4.41. The van der Waals surface area contributed by atoms with Crippen molar-refractivity contribution in [1.82, 2.24) is 10.3 Å². The molecule has 1 amide bonds. The molecule has 0 atom stereocenters. The normalized spacial score (nSPS) is 10.8. The molecule has 0 unspecified atom stereocenters. The molecule has 0 aliphatic rings. The van der Waals surface area contributed by atoms with Crippen molar-refractivity contribution in [2.24, 2.45) is 0 Å². The number of rotatable bonds is 4. The molecule has 0 fully saturated rings. The van der Waals surface area contributed by atoms with Gasteiger partial charge in [0.15, 0.2) is 0 Å². The lowest BCUT2D eigenvalue weighted by atomic mass is 10.2. The molecule has 6 nitrogen and oxygen atoms in total. The van der Waals surface area contributed by atoms with Crippen LogP contribution in [0, 0.1) is 0 Å². The third kappa shape index (κ3) is 4.28. The van der Waals surface area contributed by atoms with E-state index in [9.17, 15) is 13.2 Å². The Bertz CT molecular complexity index is 444. The van der Waals surface area contributed by atoms with E-state index in [2.05, 4.69) is 4.74 Å². The predicted octanol–water partition coefficient (Wildman–Crippen LogP) is 0.377. The smallest absolute Gasteiger partial charge is 0.422 e. The fraction of sp³-hybridized carbons (Fsp3) is 0.222. The Kier molecular flexibility index (Phi) is 4.27. The lowest BCUT2D eigenvalue weighted by Crippen LogP contribution is -2.41. The van der Waals surface area contributed by atoms with Gasteiger partial charge in [-0.05, 0) is 5.56 Å². The van der Waals surface area contributed by atoms with Crippen LogP contribution in [0.3, 0.4) is 0 Å². The fourth-order valence-electron chi connectivity index (χ4n) is 1.00. The summed E-state index contributed by atoms with van der Waals surface area (Å²) in [7, 11) is -2.46. The average Bonchev–Trinajstić information content (AvgIpc) is 2.27. The predicted molar refractivity (Wildman–Crippen MR) is 57.7 cm³/mol. The van der Waals surface area contributed by atoms with E-state index in [1.807, 2.05) is 10.3 Å². The van der Waals surface area contributed by atoms with Crippen LogP contribution in [0.2, 0.25) is 0 Å². The van der Waals surface area contributed by atoms with Crippen LogP contribution in [-0.2, 0) is 20.5 Å². The Labute approximate surface area is 93.6 Å². The maximum absolute atomic E-state index is 11.4. The zero-order valence-electron chi connectivity index (χ0n) is 8.64. The third-order valence-electron chi connectivity index (χ3n) is 1.69. The topological polar surface area (TPSA) is 84.5 Å². The summed E-state index contributed by atoms with van der Waals surface area (Å²) in [5.41, 5.74) is 2.52. The SMILES string of the molecule is COC(=O)NNS(=O)(=O)Cc1ccccc1. The summed E-state index contributed by atoms with van der Waals surface area (Å²) < 4.78 is 27.1. The van der Waals surface area contributed by atoms with Crippen molar-refractivity contribution in [3.63, 3.8) is 0 Å². The lowest BCUT2D eigenvalue weighted by molar-refractivity contribution is 0.169. The van der Waals surface area contributed by atoms with Crippen LogP contribution < -0.4 is 10.3 Å². The van der Waals surface area contributed by atoms with E-state index < -0.39 is 16.1 Å². The fourth-order valence-corrected chi connectivity index (χ4v) is 1.94. The number of amides is 1. The first kappa shape index (κ1) is 12.5. The molecular formula is C9H12N2O4S. The van der Waals surface area contributed by atoms with Crippen molar-refractivity contribution in [1.29, 1.82) is 0 Å². The maximum Gasteiger partial charge on any atom is 0.422 e. The highest BCUT2D eigenvalue weighted by molar-refractivity contribution is 7.88. The van der Waals surface area contributed by atoms with Crippen LogP contribution in [0.5, 0.6) is 0 Å². The zero-order valence-corrected chi connectivity index (χ0v) is 9.45. The van der Waals surface area contributed by atoms with Crippen LogP contribution in [0.1, 0.15) is 5.56 Å². The molecule has 0 bridgehead atoms. The van der Waals surface area contributed by atoms with Gasteiger partial charge in [0.25, 0.3) is 0 Å². The number of carbonyl (C=O) groups is 1. The molecule has 1 aromatic carbocycles. The molecule has 0 saturated carbocycles. The molecule has 0 aliphatic heterocycles. The molecule has 0 aliphatic carbocycles. The largest absolute Gasteiger partial charge is 0.452 e. The summed E-state index contributed by atoms with van der Waals surface area (Å²) >= 11 is 0. The number of hydrogen-bond acceptors (Lipinski definition) is 4. The highest BCUT2D eigenvalue weighted by Gasteiger charge is 2.12. The van der Waals surface area contributed by atoms with Crippen LogP contribution >= 0.6 is 0 Å². The first-order valence-corrected chi connectivity index (χ1v) is 6.06. The van der Waals surface area contributed by atoms with Crippen molar-refractivity contribution < 1.29 is 17.9 Å². The number of carbonyl (C=O) groups excluding carboxylic acids is 1. The van der Waals surface area contributed by atoms with Gasteiger partial charge in [-0.15, -0.1) is 4.83 Å². The molecule has 0 heterocycles. The molecule has 0 spiro atoms. The van der Waals surface area contributed by atoms with E-state index in [1.54, 1.807) is 30.3 Å². The van der Waals surface area contributed by atoms with Crippen molar-refractivity contribution in [3.05, 3.63) is 35.9 Å². The van der Waals surface area contributed by atoms with Gasteiger partial charge in [0.05, 0.1) is 12.9 Å². The van der Waals surface area contributed by atoms with Crippen LogP contribution in [0.15, 0.2) is 30.3 Å². The molecule has 1 aromatic rings. The Hall–Kier alpha value is -1.60. The molecule has 2 N–H and O–H groups in total. The minimum Gasteiger partial charge on any atom is -0.452 e. The Morgan fingerprint density at radius 3 is 2.50 bits per heavy atom. The van der Waals surface area contributed by atoms with E-state index in [-0.39, 0.29) is 5.75 Å². The number of ether oxygens (including phenoxy) is 1. The van der Waals surface area contributed by atoms with Gasteiger partial charge >= 0.3 is 6.09 Å². The molecule has 1 rings (SSSR count). The number of hydrazine groups is 1. The Balaban J connectivity index is 2.56. The summed E-state index contributed by atoms with van der Waals surface area (Å²) in [4.78, 5) is 12.6. The van der Waals surface area contributed by atoms with Gasteiger partial charge in [-0.1, -0.05) is 30.3 Å². The van der Waals surface area contributed by atoms with Gasteiger partial charge in [-0.25, -0.2) is 18.6 Å². The highest BCUT2D eigenvalue weighted by atomic mass is 32.2. The number of sulfonamides is 1. The van der Waals surface area contributed by atoms with Crippen LogP contribution in [-0.4, -0.2) is 21.6 Å². The summed E-state index contributed by atoms with van der Waals surface area (Å²) in [6, 6.07) is 8.61. The highest BCUT2D eigenvalue weighted by Crippen LogP contribution is 2.02. The monoisotopic (exact) mass is 244 g/mol. The van der Waals surface area contributed by atoms with Crippen LogP contribution in [0.25, 0.3) is 0 Å². The second-order valence-corrected chi connectivity index (χ2v) is 4.69. The van der Waals surface area contributed by atoms with Gasteiger partial charge in [-0.2, -0.15) is 0 Å². The number of hydrogen-bond donors (Lipinski definition) is 2. The van der Waals surface area contributed by atoms with Gasteiger partial charge in [0.2, 0.25) is 10.0 Å². The quantitative estimate of drug-likeness (QED) is 0.750. The second kappa shape index (κ2) is 5.47. The van der Waals surface area contributed by atoms with Crippen molar-refractivity contribution >= 4 is 16.1 Å². The van der Waals surface area contributed by atoms with Gasteiger partial charge in [0.1, 0.15) is 0 Å². The Morgan fingerprint density at radius 2 is 1.94 bits per heavy atom. The Morgan fingerprint density at radius 1 is 1.31 bits per heavy atom. The molecule has 0 aromatic heterocycles. The molecule has 88 valence electrons. The molecular weight excluding hydrogens is 232 g/mol. The van der Waals surface area contributed by atoms with E-state index in [0.717, 1.165) is 7.11 Å². The summed E-state index contributed by atoms with van der Waals surface area (Å²) in [6.07, 6.45) is -0.864. The lowest BCUT2D eigenvalue weighted by Gasteiger charge is -2.06. The molecule has 7 heteroatoms. The van der Waals surface area contributed by atoms with Gasteiger partial charge in [-0.3, -0.25) is 0 Å². The van der Waals surface area contributed by atoms with Crippen LogP contribution in [0.4, 0.5) is 4.79 Å². The number of nitrogens with one attached hydrogen (secondary N) is 2. The van der Waals surface area contributed by atoms with E-state index in [4.69, 9.17) is 0 Å². The van der Waals surface area contributed by atoms with E-state index in [0.29, 0.717) is 5.56 Å². The second-order valence-electron chi connectivity index (χ2n) is 2.96. The molecule has 0 radical (unpaired) electrons.